The molecule has 2 aromatic rings. The maximum atomic E-state index is 11.0. The number of rotatable bonds is 2. The maximum absolute atomic E-state index is 11.0. The van der Waals surface area contributed by atoms with Gasteiger partial charge < -0.3 is 0 Å². The van der Waals surface area contributed by atoms with Crippen molar-refractivity contribution in [3.63, 3.8) is 0 Å². The molecule has 0 aliphatic rings. The smallest absolute Gasteiger partial charge is 0.151 e. The van der Waals surface area contributed by atoms with E-state index in [0.717, 1.165) is 32.0 Å². The monoisotopic (exact) mass is 332 g/mol. The van der Waals surface area contributed by atoms with Crippen molar-refractivity contribution in [3.05, 3.63) is 33.1 Å². The minimum atomic E-state index is 0.700. The summed E-state index contributed by atoms with van der Waals surface area (Å²) in [7, 11) is 0. The summed E-state index contributed by atoms with van der Waals surface area (Å²) in [5.74, 6) is 0. The predicted molar refractivity (Wildman–Crippen MR) is 67.5 cm³/mol. The molecular weight excluding hydrogens is 328 g/mol. The van der Waals surface area contributed by atoms with Crippen molar-refractivity contribution in [3.8, 4) is 0 Å². The summed E-state index contributed by atoms with van der Waals surface area (Å²) < 4.78 is 2.19. The van der Waals surface area contributed by atoms with Crippen LogP contribution < -0.4 is 0 Å². The molecule has 1 aromatic carbocycles. The van der Waals surface area contributed by atoms with Crippen molar-refractivity contribution in [2.45, 2.75) is 5.33 Å². The van der Waals surface area contributed by atoms with Crippen molar-refractivity contribution < 1.29 is 4.79 Å². The Bertz CT molecular complexity index is 490. The molecule has 1 nitrogen and oxygen atoms in total. The number of hydrogen-bond acceptors (Lipinski definition) is 2. The van der Waals surface area contributed by atoms with E-state index in [-0.39, 0.29) is 0 Å². The van der Waals surface area contributed by atoms with Gasteiger partial charge in [-0.2, -0.15) is 0 Å². The molecule has 0 fully saturated rings. The van der Waals surface area contributed by atoms with Gasteiger partial charge in [-0.05, 0) is 39.0 Å². The molecule has 0 saturated heterocycles. The number of alkyl halides is 1. The lowest BCUT2D eigenvalue weighted by atomic mass is 10.1. The summed E-state index contributed by atoms with van der Waals surface area (Å²) in [5, 5.41) is 3.74. The van der Waals surface area contributed by atoms with E-state index in [1.54, 1.807) is 11.3 Å². The molecule has 4 heteroatoms. The molecule has 1 aromatic heterocycles. The zero-order chi connectivity index (χ0) is 10.1. The van der Waals surface area contributed by atoms with Crippen molar-refractivity contribution in [2.24, 2.45) is 0 Å². The summed E-state index contributed by atoms with van der Waals surface area (Å²) >= 11 is 8.53. The minimum Gasteiger partial charge on any atom is -0.298 e. The van der Waals surface area contributed by atoms with Crippen LogP contribution in [-0.2, 0) is 5.33 Å². The van der Waals surface area contributed by atoms with E-state index in [0.29, 0.717) is 5.33 Å². The SMILES string of the molecule is O=Cc1c(CBr)cc(Br)c2sccc12. The first-order valence-corrected chi connectivity index (χ1v) is 6.77. The third-order valence-corrected chi connectivity index (χ3v) is 4.52. The van der Waals surface area contributed by atoms with Crippen LogP contribution in [0.1, 0.15) is 15.9 Å². The number of carbonyl (C=O) groups is 1. The third-order valence-electron chi connectivity index (χ3n) is 2.08. The number of hydrogen-bond donors (Lipinski definition) is 0. The van der Waals surface area contributed by atoms with E-state index in [2.05, 4.69) is 31.9 Å². The highest BCUT2D eigenvalue weighted by molar-refractivity contribution is 9.10. The highest BCUT2D eigenvalue weighted by Gasteiger charge is 2.10. The third kappa shape index (κ3) is 1.55. The Morgan fingerprint density at radius 2 is 2.29 bits per heavy atom. The lowest BCUT2D eigenvalue weighted by Crippen LogP contribution is -1.90. The van der Waals surface area contributed by atoms with Gasteiger partial charge in [0.05, 0.1) is 0 Å². The largest absolute Gasteiger partial charge is 0.298 e. The highest BCUT2D eigenvalue weighted by Crippen LogP contribution is 2.33. The number of carbonyl (C=O) groups excluding carboxylic acids is 1. The fourth-order valence-corrected chi connectivity index (χ4v) is 3.48. The summed E-state index contributed by atoms with van der Waals surface area (Å²) in [6, 6.07) is 3.98. The highest BCUT2D eigenvalue weighted by atomic mass is 79.9. The van der Waals surface area contributed by atoms with E-state index < -0.39 is 0 Å². The van der Waals surface area contributed by atoms with Crippen molar-refractivity contribution in [1.82, 2.24) is 0 Å². The Hall–Kier alpha value is -0.190. The van der Waals surface area contributed by atoms with E-state index in [4.69, 9.17) is 0 Å². The van der Waals surface area contributed by atoms with Crippen LogP contribution in [0, 0.1) is 0 Å². The molecule has 0 aliphatic carbocycles. The first-order valence-electron chi connectivity index (χ1n) is 3.97. The Balaban J connectivity index is 2.88. The summed E-state index contributed by atoms with van der Waals surface area (Å²) in [5.41, 5.74) is 1.82. The molecule has 0 radical (unpaired) electrons. The van der Waals surface area contributed by atoms with Crippen molar-refractivity contribution >= 4 is 59.6 Å². The molecule has 0 unspecified atom stereocenters. The molecule has 14 heavy (non-hydrogen) atoms. The molecule has 0 saturated carbocycles. The molecule has 2 rings (SSSR count). The molecule has 0 atom stereocenters. The molecule has 0 bridgehead atoms. The van der Waals surface area contributed by atoms with Gasteiger partial charge in [-0.25, -0.2) is 0 Å². The first-order chi connectivity index (χ1) is 6.77. The van der Waals surface area contributed by atoms with Crippen LogP contribution in [0.4, 0.5) is 0 Å². The summed E-state index contributed by atoms with van der Waals surface area (Å²) in [6.45, 7) is 0. The van der Waals surface area contributed by atoms with Gasteiger partial charge in [0.1, 0.15) is 0 Å². The number of fused-ring (bicyclic) bond motifs is 1. The molecule has 72 valence electrons. The molecule has 1 heterocycles. The van der Waals surface area contributed by atoms with Gasteiger partial charge >= 0.3 is 0 Å². The normalized spacial score (nSPS) is 10.7. The van der Waals surface area contributed by atoms with Crippen LogP contribution in [0.5, 0.6) is 0 Å². The number of benzene rings is 1. The van der Waals surface area contributed by atoms with Gasteiger partial charge in [0, 0.05) is 25.5 Å². The van der Waals surface area contributed by atoms with Gasteiger partial charge in [0.25, 0.3) is 0 Å². The summed E-state index contributed by atoms with van der Waals surface area (Å²) in [6.07, 6.45) is 0.929. The van der Waals surface area contributed by atoms with E-state index >= 15 is 0 Å². The first kappa shape index (κ1) is 10.3. The van der Waals surface area contributed by atoms with Gasteiger partial charge in [0.2, 0.25) is 0 Å². The average molecular weight is 334 g/mol. The summed E-state index contributed by atoms with van der Waals surface area (Å²) in [4.78, 5) is 11.0. The standard InChI is InChI=1S/C10H6Br2OS/c11-4-6-3-9(12)10-7(1-2-14-10)8(6)5-13/h1-3,5H,4H2. The van der Waals surface area contributed by atoms with Gasteiger partial charge in [-0.3, -0.25) is 4.79 Å². The van der Waals surface area contributed by atoms with E-state index in [1.807, 2.05) is 17.5 Å². The predicted octanol–water partition coefficient (Wildman–Crippen LogP) is 4.37. The van der Waals surface area contributed by atoms with E-state index in [9.17, 15) is 4.79 Å². The number of halogens is 2. The second-order valence-electron chi connectivity index (χ2n) is 2.85. The van der Waals surface area contributed by atoms with E-state index in [1.165, 1.54) is 0 Å². The quantitative estimate of drug-likeness (QED) is 0.589. The molecule has 0 aliphatic heterocycles. The lowest BCUT2D eigenvalue weighted by molar-refractivity contribution is 0.112. The second-order valence-corrected chi connectivity index (χ2v) is 5.18. The Morgan fingerprint density at radius 1 is 1.50 bits per heavy atom. The number of thiophene rings is 1. The molecule has 0 N–H and O–H groups in total. The topological polar surface area (TPSA) is 17.1 Å². The van der Waals surface area contributed by atoms with Crippen LogP contribution in [0.3, 0.4) is 0 Å². The van der Waals surface area contributed by atoms with Crippen molar-refractivity contribution in [1.29, 1.82) is 0 Å². The average Bonchev–Trinajstić information content (AvgIpc) is 2.66. The van der Waals surface area contributed by atoms with Crippen LogP contribution in [0.25, 0.3) is 10.1 Å². The van der Waals surface area contributed by atoms with Gasteiger partial charge in [0.15, 0.2) is 6.29 Å². The zero-order valence-corrected chi connectivity index (χ0v) is 11.1. The van der Waals surface area contributed by atoms with Gasteiger partial charge in [-0.15, -0.1) is 11.3 Å². The van der Waals surface area contributed by atoms with Crippen LogP contribution in [0.15, 0.2) is 22.0 Å². The molecule has 0 amide bonds. The zero-order valence-electron chi connectivity index (χ0n) is 7.09. The Kier molecular flexibility index (Phi) is 3.04. The lowest BCUT2D eigenvalue weighted by Gasteiger charge is -2.04. The second kappa shape index (κ2) is 4.13. The van der Waals surface area contributed by atoms with Crippen LogP contribution in [0.2, 0.25) is 0 Å². The van der Waals surface area contributed by atoms with Crippen LogP contribution in [-0.4, -0.2) is 6.29 Å². The number of aldehydes is 1. The maximum Gasteiger partial charge on any atom is 0.151 e. The molecular formula is C10H6Br2OS. The molecule has 0 spiro atoms. The van der Waals surface area contributed by atoms with Gasteiger partial charge in [-0.1, -0.05) is 15.9 Å². The Morgan fingerprint density at radius 3 is 2.93 bits per heavy atom. The van der Waals surface area contributed by atoms with Crippen LogP contribution >= 0.6 is 43.2 Å². The fourth-order valence-electron chi connectivity index (χ4n) is 1.43. The fraction of sp³-hybridized carbons (Fsp3) is 0.100. The van der Waals surface area contributed by atoms with Crippen molar-refractivity contribution in [2.75, 3.05) is 0 Å². The Labute approximate surface area is 102 Å². The minimum absolute atomic E-state index is 0.700.